The summed E-state index contributed by atoms with van der Waals surface area (Å²) in [5, 5.41) is 8.42. The maximum absolute atomic E-state index is 4.25. The number of aryl methyl sites for hydroxylation is 1. The van der Waals surface area contributed by atoms with Gasteiger partial charge in [-0.1, -0.05) is 34.6 Å². The minimum absolute atomic E-state index is 0.144. The number of rotatable bonds is 1. The van der Waals surface area contributed by atoms with E-state index in [4.69, 9.17) is 0 Å². The molecular weight excluding hydrogens is 210 g/mol. The van der Waals surface area contributed by atoms with Crippen molar-refractivity contribution in [3.8, 4) is 0 Å². The zero-order valence-corrected chi connectivity index (χ0v) is 11.6. The average molecular weight is 231 g/mol. The van der Waals surface area contributed by atoms with Crippen LogP contribution in [-0.4, -0.2) is 14.6 Å². The summed E-state index contributed by atoms with van der Waals surface area (Å²) in [6, 6.07) is 4.43. The third-order valence-corrected chi connectivity index (χ3v) is 3.15. The van der Waals surface area contributed by atoms with E-state index in [9.17, 15) is 0 Å². The van der Waals surface area contributed by atoms with Crippen molar-refractivity contribution in [3.05, 3.63) is 29.2 Å². The van der Waals surface area contributed by atoms with E-state index in [0.717, 1.165) is 11.5 Å². The summed E-state index contributed by atoms with van der Waals surface area (Å²) >= 11 is 0. The normalized spacial score (nSPS) is 12.6. The van der Waals surface area contributed by atoms with Crippen LogP contribution in [0.25, 0.3) is 5.65 Å². The van der Waals surface area contributed by atoms with Crippen LogP contribution in [-0.2, 0) is 5.41 Å². The highest BCUT2D eigenvalue weighted by molar-refractivity contribution is 5.46. The van der Waals surface area contributed by atoms with Gasteiger partial charge in [0.2, 0.25) is 0 Å². The zero-order chi connectivity index (χ0) is 12.8. The molecule has 0 amide bonds. The molecule has 17 heavy (non-hydrogen) atoms. The van der Waals surface area contributed by atoms with Gasteiger partial charge >= 0.3 is 0 Å². The van der Waals surface area contributed by atoms with E-state index in [-0.39, 0.29) is 5.41 Å². The second kappa shape index (κ2) is 3.83. The van der Waals surface area contributed by atoms with Gasteiger partial charge < -0.3 is 0 Å². The molecule has 0 saturated carbocycles. The molecule has 0 spiro atoms. The Labute approximate surface area is 103 Å². The fourth-order valence-corrected chi connectivity index (χ4v) is 2.05. The second-order valence-corrected chi connectivity index (χ2v) is 6.01. The highest BCUT2D eigenvalue weighted by Gasteiger charge is 2.18. The summed E-state index contributed by atoms with van der Waals surface area (Å²) < 4.78 is 2.15. The van der Waals surface area contributed by atoms with Gasteiger partial charge in [-0.2, -0.15) is 0 Å². The number of nitrogens with zero attached hydrogens (tertiary/aromatic N) is 3. The molecule has 0 N–H and O–H groups in total. The molecule has 92 valence electrons. The van der Waals surface area contributed by atoms with Gasteiger partial charge in [-0.15, -0.1) is 10.2 Å². The molecule has 2 rings (SSSR count). The molecule has 0 fully saturated rings. The summed E-state index contributed by atoms with van der Waals surface area (Å²) in [7, 11) is 0. The number of hydrogen-bond donors (Lipinski definition) is 0. The monoisotopic (exact) mass is 231 g/mol. The quantitative estimate of drug-likeness (QED) is 0.752. The molecule has 2 heterocycles. The molecule has 0 aliphatic heterocycles. The van der Waals surface area contributed by atoms with E-state index >= 15 is 0 Å². The highest BCUT2D eigenvalue weighted by atomic mass is 15.2. The van der Waals surface area contributed by atoms with Gasteiger partial charge in [0.25, 0.3) is 0 Å². The van der Waals surface area contributed by atoms with Gasteiger partial charge in [0.05, 0.1) is 0 Å². The van der Waals surface area contributed by atoms with Crippen LogP contribution in [0.5, 0.6) is 0 Å². The third kappa shape index (κ3) is 2.06. The van der Waals surface area contributed by atoms with Crippen molar-refractivity contribution in [2.75, 3.05) is 0 Å². The average Bonchev–Trinajstić information content (AvgIpc) is 2.58. The van der Waals surface area contributed by atoms with Crippen molar-refractivity contribution in [1.29, 1.82) is 0 Å². The van der Waals surface area contributed by atoms with E-state index in [2.05, 4.69) is 61.3 Å². The van der Waals surface area contributed by atoms with Crippen molar-refractivity contribution in [1.82, 2.24) is 14.6 Å². The number of hydrogen-bond acceptors (Lipinski definition) is 2. The molecule has 0 aliphatic carbocycles. The first-order chi connectivity index (χ1) is 7.80. The summed E-state index contributed by atoms with van der Waals surface area (Å²) in [5.41, 5.74) is 3.71. The summed E-state index contributed by atoms with van der Waals surface area (Å²) in [6.45, 7) is 13.1. The number of fused-ring (bicyclic) bond motifs is 1. The molecule has 2 aromatic rings. The van der Waals surface area contributed by atoms with Crippen molar-refractivity contribution >= 4 is 5.65 Å². The second-order valence-electron chi connectivity index (χ2n) is 6.01. The Balaban J connectivity index is 2.78. The van der Waals surface area contributed by atoms with E-state index in [1.165, 1.54) is 11.3 Å². The predicted molar refractivity (Wildman–Crippen MR) is 70.5 cm³/mol. The van der Waals surface area contributed by atoms with Gasteiger partial charge in [0.1, 0.15) is 5.82 Å². The molecule has 3 nitrogen and oxygen atoms in total. The topological polar surface area (TPSA) is 30.2 Å². The SMILES string of the molecule is Cc1nnc2cc(C(C)(C)C)cc(C(C)C)n12. The lowest BCUT2D eigenvalue weighted by Gasteiger charge is -2.21. The minimum Gasteiger partial charge on any atom is -0.283 e. The highest BCUT2D eigenvalue weighted by Crippen LogP contribution is 2.27. The Morgan fingerprint density at radius 1 is 1.12 bits per heavy atom. The van der Waals surface area contributed by atoms with Gasteiger partial charge in [-0.3, -0.25) is 4.40 Å². The summed E-state index contributed by atoms with van der Waals surface area (Å²) in [5.74, 6) is 1.43. The molecule has 0 aromatic carbocycles. The Hall–Kier alpha value is -1.38. The summed E-state index contributed by atoms with van der Waals surface area (Å²) in [6.07, 6.45) is 0. The Bertz CT molecular complexity index is 544. The van der Waals surface area contributed by atoms with Crippen molar-refractivity contribution in [3.63, 3.8) is 0 Å². The van der Waals surface area contributed by atoms with Gasteiger partial charge in [-0.05, 0) is 36.0 Å². The van der Waals surface area contributed by atoms with Crippen molar-refractivity contribution < 1.29 is 0 Å². The Morgan fingerprint density at radius 3 is 2.29 bits per heavy atom. The predicted octanol–water partition coefficient (Wildman–Crippen LogP) is 3.46. The van der Waals surface area contributed by atoms with Crippen LogP contribution < -0.4 is 0 Å². The van der Waals surface area contributed by atoms with Gasteiger partial charge in [0, 0.05) is 5.69 Å². The van der Waals surface area contributed by atoms with Crippen LogP contribution in [0.2, 0.25) is 0 Å². The molecular formula is C14H21N3. The van der Waals surface area contributed by atoms with E-state index in [0.29, 0.717) is 5.92 Å². The van der Waals surface area contributed by atoms with Gasteiger partial charge in [-0.25, -0.2) is 0 Å². The molecule has 0 radical (unpaired) electrons. The molecule has 0 bridgehead atoms. The maximum Gasteiger partial charge on any atom is 0.161 e. The van der Waals surface area contributed by atoms with E-state index in [1.54, 1.807) is 0 Å². The lowest BCUT2D eigenvalue weighted by molar-refractivity contribution is 0.586. The Kier molecular flexibility index (Phi) is 2.72. The van der Waals surface area contributed by atoms with Crippen LogP contribution >= 0.6 is 0 Å². The smallest absolute Gasteiger partial charge is 0.161 e. The first-order valence-electron chi connectivity index (χ1n) is 6.17. The maximum atomic E-state index is 4.25. The molecule has 0 saturated heterocycles. The van der Waals surface area contributed by atoms with Crippen LogP contribution in [0.15, 0.2) is 12.1 Å². The van der Waals surface area contributed by atoms with Crippen LogP contribution in [0.1, 0.15) is 57.6 Å². The summed E-state index contributed by atoms with van der Waals surface area (Å²) in [4.78, 5) is 0. The van der Waals surface area contributed by atoms with Crippen LogP contribution in [0, 0.1) is 6.92 Å². The number of aromatic nitrogens is 3. The minimum atomic E-state index is 0.144. The van der Waals surface area contributed by atoms with Gasteiger partial charge in [0.15, 0.2) is 5.65 Å². The molecule has 0 aliphatic rings. The van der Waals surface area contributed by atoms with E-state index in [1.807, 2.05) is 6.92 Å². The first kappa shape index (κ1) is 12.1. The molecule has 2 aromatic heterocycles. The van der Waals surface area contributed by atoms with Crippen LogP contribution in [0.4, 0.5) is 0 Å². The zero-order valence-electron chi connectivity index (χ0n) is 11.6. The standard InChI is InChI=1S/C14H21N3/c1-9(2)12-7-11(14(4,5)6)8-13-16-15-10(3)17(12)13/h7-9H,1-6H3. The van der Waals surface area contributed by atoms with E-state index < -0.39 is 0 Å². The third-order valence-electron chi connectivity index (χ3n) is 3.15. The first-order valence-corrected chi connectivity index (χ1v) is 6.17. The van der Waals surface area contributed by atoms with Crippen molar-refractivity contribution in [2.24, 2.45) is 0 Å². The lowest BCUT2D eigenvalue weighted by Crippen LogP contribution is -2.14. The molecule has 0 atom stereocenters. The number of pyridine rings is 1. The Morgan fingerprint density at radius 2 is 1.76 bits per heavy atom. The fourth-order valence-electron chi connectivity index (χ4n) is 2.05. The molecule has 3 heteroatoms. The largest absolute Gasteiger partial charge is 0.283 e. The van der Waals surface area contributed by atoms with Crippen molar-refractivity contribution in [2.45, 2.75) is 52.9 Å². The lowest BCUT2D eigenvalue weighted by atomic mass is 9.86. The fraction of sp³-hybridized carbons (Fsp3) is 0.571. The van der Waals surface area contributed by atoms with Crippen LogP contribution in [0.3, 0.4) is 0 Å². The molecule has 0 unspecified atom stereocenters.